The lowest BCUT2D eigenvalue weighted by Crippen LogP contribution is -2.44. The fourth-order valence-corrected chi connectivity index (χ4v) is 2.52. The molecule has 10 heteroatoms. The maximum absolute atomic E-state index is 12.4. The van der Waals surface area contributed by atoms with Crippen molar-refractivity contribution in [3.8, 4) is 5.75 Å². The Kier molecular flexibility index (Phi) is 8.52. The van der Waals surface area contributed by atoms with Crippen molar-refractivity contribution in [3.05, 3.63) is 65.2 Å². The number of amides is 1. The molecule has 10 nitrogen and oxygen atoms in total. The van der Waals surface area contributed by atoms with Crippen LogP contribution in [-0.4, -0.2) is 42.1 Å². The number of esters is 1. The quantitative estimate of drug-likeness (QED) is 0.203. The van der Waals surface area contributed by atoms with Gasteiger partial charge in [-0.2, -0.15) is 0 Å². The highest BCUT2D eigenvalue weighted by atomic mass is 16.7. The van der Waals surface area contributed by atoms with E-state index in [9.17, 15) is 14.4 Å². The Morgan fingerprint density at radius 2 is 1.73 bits per heavy atom. The third kappa shape index (κ3) is 8.62. The summed E-state index contributed by atoms with van der Waals surface area (Å²) in [5.41, 5.74) is 12.0. The van der Waals surface area contributed by atoms with E-state index in [4.69, 9.17) is 26.4 Å². The van der Waals surface area contributed by atoms with Gasteiger partial charge >= 0.3 is 12.1 Å². The predicted molar refractivity (Wildman–Crippen MR) is 121 cm³/mol. The summed E-state index contributed by atoms with van der Waals surface area (Å²) in [5.74, 6) is -0.909. The van der Waals surface area contributed by atoms with Crippen molar-refractivity contribution in [2.75, 3.05) is 6.54 Å². The van der Waals surface area contributed by atoms with Crippen molar-refractivity contribution < 1.29 is 28.6 Å². The normalized spacial score (nSPS) is 11.8. The molecule has 0 aromatic heterocycles. The summed E-state index contributed by atoms with van der Waals surface area (Å²) < 4.78 is 15.1. The number of amidine groups is 1. The molecule has 33 heavy (non-hydrogen) atoms. The van der Waals surface area contributed by atoms with E-state index in [1.807, 2.05) is 0 Å². The molecule has 2 aromatic carbocycles. The van der Waals surface area contributed by atoms with Gasteiger partial charge in [0.05, 0.1) is 0 Å². The van der Waals surface area contributed by atoms with Crippen LogP contribution in [0.4, 0.5) is 4.79 Å². The number of carbonyl (C=O) groups excluding carboxylic acids is 3. The number of carbonyl (C=O) groups is 3. The zero-order valence-electron chi connectivity index (χ0n) is 18.7. The Labute approximate surface area is 191 Å². The monoisotopic (exact) mass is 456 g/mol. The van der Waals surface area contributed by atoms with Gasteiger partial charge in [0.1, 0.15) is 29.8 Å². The van der Waals surface area contributed by atoms with Crippen molar-refractivity contribution in [3.63, 3.8) is 0 Å². The number of ether oxygens (including phenoxy) is 3. The number of hydrogen-bond donors (Lipinski definition) is 4. The molecule has 1 atom stereocenters. The van der Waals surface area contributed by atoms with E-state index in [0.29, 0.717) is 16.9 Å². The highest BCUT2D eigenvalue weighted by molar-refractivity contribution is 5.95. The van der Waals surface area contributed by atoms with Gasteiger partial charge in [0, 0.05) is 17.7 Å². The van der Waals surface area contributed by atoms with E-state index in [2.05, 4.69) is 10.1 Å². The van der Waals surface area contributed by atoms with E-state index in [-0.39, 0.29) is 19.0 Å². The van der Waals surface area contributed by atoms with Crippen LogP contribution in [0, 0.1) is 5.41 Å². The first-order valence-corrected chi connectivity index (χ1v) is 10.1. The number of rotatable bonds is 8. The van der Waals surface area contributed by atoms with Gasteiger partial charge < -0.3 is 31.0 Å². The maximum atomic E-state index is 12.4. The minimum absolute atomic E-state index is 0.0296. The summed E-state index contributed by atoms with van der Waals surface area (Å²) in [6, 6.07) is 12.3. The van der Waals surface area contributed by atoms with E-state index in [0.717, 1.165) is 5.56 Å². The largest absolute Gasteiger partial charge is 0.516 e. The number of hydrogen-bond acceptors (Lipinski definition) is 8. The van der Waals surface area contributed by atoms with E-state index in [1.165, 1.54) is 0 Å². The highest BCUT2D eigenvalue weighted by Crippen LogP contribution is 2.15. The van der Waals surface area contributed by atoms with Crippen molar-refractivity contribution >= 4 is 23.9 Å². The van der Waals surface area contributed by atoms with E-state index in [1.54, 1.807) is 69.3 Å². The van der Waals surface area contributed by atoms with Crippen LogP contribution in [0.15, 0.2) is 48.5 Å². The van der Waals surface area contributed by atoms with Crippen LogP contribution in [0.3, 0.4) is 0 Å². The van der Waals surface area contributed by atoms with Crippen LogP contribution in [0.25, 0.3) is 0 Å². The molecule has 2 aromatic rings. The summed E-state index contributed by atoms with van der Waals surface area (Å²) in [6.07, 6.45) is -1.15. The van der Waals surface area contributed by atoms with Crippen LogP contribution >= 0.6 is 0 Å². The van der Waals surface area contributed by atoms with E-state index < -0.39 is 29.7 Å². The van der Waals surface area contributed by atoms with Crippen LogP contribution in [0.5, 0.6) is 5.75 Å². The second kappa shape index (κ2) is 11.1. The van der Waals surface area contributed by atoms with Gasteiger partial charge in [0.2, 0.25) is 0 Å². The molecule has 1 unspecified atom stereocenters. The van der Waals surface area contributed by atoms with Crippen LogP contribution in [-0.2, 0) is 20.9 Å². The third-order valence-corrected chi connectivity index (χ3v) is 4.12. The summed E-state index contributed by atoms with van der Waals surface area (Å²) in [7, 11) is 0. The lowest BCUT2D eigenvalue weighted by atomic mass is 10.1. The Bertz CT molecular complexity index is 1010. The number of nitrogens with two attached hydrogens (primary N) is 2. The van der Waals surface area contributed by atoms with Crippen LogP contribution in [0.1, 0.15) is 42.3 Å². The fourth-order valence-electron chi connectivity index (χ4n) is 2.52. The van der Waals surface area contributed by atoms with Gasteiger partial charge in [-0.1, -0.05) is 12.1 Å². The van der Waals surface area contributed by atoms with Gasteiger partial charge in [0.15, 0.2) is 0 Å². The van der Waals surface area contributed by atoms with Crippen LogP contribution < -0.4 is 21.5 Å². The SMILES string of the molecule is CC(C)(C)OC(=O)OC(=O)C(N)CNC(=O)c1cccc(COc2ccc(C(=N)N)cc2)c1. The summed E-state index contributed by atoms with van der Waals surface area (Å²) in [6.45, 7) is 4.86. The topological polar surface area (TPSA) is 167 Å². The number of nitrogen functional groups attached to an aromatic ring is 1. The Morgan fingerprint density at radius 1 is 1.06 bits per heavy atom. The second-order valence-electron chi connectivity index (χ2n) is 8.13. The minimum Gasteiger partial charge on any atom is -0.489 e. The molecule has 0 fully saturated rings. The number of nitrogens with one attached hydrogen (secondary N) is 2. The molecule has 0 heterocycles. The molecule has 1 amide bonds. The fraction of sp³-hybridized carbons (Fsp3) is 0.304. The Hall–Kier alpha value is -3.92. The smallest absolute Gasteiger partial charge is 0.489 e. The van der Waals surface area contributed by atoms with Gasteiger partial charge in [-0.25, -0.2) is 9.59 Å². The molecular formula is C23H28N4O6. The van der Waals surface area contributed by atoms with Crippen molar-refractivity contribution in [1.82, 2.24) is 5.32 Å². The molecule has 0 bridgehead atoms. The average molecular weight is 456 g/mol. The summed E-state index contributed by atoms with van der Waals surface area (Å²) in [5, 5.41) is 9.93. The first-order chi connectivity index (χ1) is 15.4. The standard InChI is InChI=1S/C23H28N4O6/c1-23(2,3)33-22(30)32-21(29)18(24)12-27-20(28)16-6-4-5-14(11-16)13-31-17-9-7-15(8-10-17)19(25)26/h4-11,18H,12-13,24H2,1-3H3,(H3,25,26)(H,27,28). The predicted octanol–water partition coefficient (Wildman–Crippen LogP) is 2.09. The Balaban J connectivity index is 1.86. The Morgan fingerprint density at radius 3 is 2.33 bits per heavy atom. The van der Waals surface area contributed by atoms with Crippen LogP contribution in [0.2, 0.25) is 0 Å². The molecule has 0 spiro atoms. The molecule has 2 rings (SSSR count). The number of benzene rings is 2. The molecule has 0 aliphatic heterocycles. The average Bonchev–Trinajstić information content (AvgIpc) is 2.74. The van der Waals surface area contributed by atoms with Gasteiger partial charge in [0.25, 0.3) is 5.91 Å². The maximum Gasteiger partial charge on any atom is 0.516 e. The zero-order chi connectivity index (χ0) is 24.6. The molecule has 0 radical (unpaired) electrons. The molecule has 0 aliphatic carbocycles. The van der Waals surface area contributed by atoms with Crippen molar-refractivity contribution in [1.29, 1.82) is 5.41 Å². The molecule has 176 valence electrons. The van der Waals surface area contributed by atoms with Crippen molar-refractivity contribution in [2.45, 2.75) is 39.0 Å². The summed E-state index contributed by atoms with van der Waals surface area (Å²) >= 11 is 0. The molecule has 0 aliphatic rings. The first-order valence-electron chi connectivity index (χ1n) is 10.1. The van der Waals surface area contributed by atoms with Gasteiger partial charge in [-0.15, -0.1) is 0 Å². The van der Waals surface area contributed by atoms with Gasteiger partial charge in [-0.3, -0.25) is 10.2 Å². The lowest BCUT2D eigenvalue weighted by molar-refractivity contribution is -0.142. The molecule has 0 saturated carbocycles. The first kappa shape index (κ1) is 25.3. The molecule has 6 N–H and O–H groups in total. The minimum atomic E-state index is -1.24. The van der Waals surface area contributed by atoms with E-state index >= 15 is 0 Å². The third-order valence-electron chi connectivity index (χ3n) is 4.12. The highest BCUT2D eigenvalue weighted by Gasteiger charge is 2.24. The second-order valence-corrected chi connectivity index (χ2v) is 8.13. The molecule has 0 saturated heterocycles. The molecular weight excluding hydrogens is 428 g/mol. The van der Waals surface area contributed by atoms with Crippen molar-refractivity contribution in [2.24, 2.45) is 11.5 Å². The lowest BCUT2D eigenvalue weighted by Gasteiger charge is -2.19. The van der Waals surface area contributed by atoms with Gasteiger partial charge in [-0.05, 0) is 62.7 Å². The zero-order valence-corrected chi connectivity index (χ0v) is 18.7. The summed E-state index contributed by atoms with van der Waals surface area (Å²) in [4.78, 5) is 35.9.